The maximum Gasteiger partial charge on any atom is 0.350 e. The van der Waals surface area contributed by atoms with Crippen molar-refractivity contribution in [3.63, 3.8) is 0 Å². The fourth-order valence-corrected chi connectivity index (χ4v) is 3.51. The van der Waals surface area contributed by atoms with Gasteiger partial charge < -0.3 is 14.6 Å². The Bertz CT molecular complexity index is 1270. The highest BCUT2D eigenvalue weighted by molar-refractivity contribution is 5.83. The molecule has 0 unspecified atom stereocenters. The number of benzene rings is 1. The molecule has 156 valence electrons. The summed E-state index contributed by atoms with van der Waals surface area (Å²) >= 11 is 0. The van der Waals surface area contributed by atoms with E-state index in [1.54, 1.807) is 10.5 Å². The quantitative estimate of drug-likeness (QED) is 0.501. The van der Waals surface area contributed by atoms with Crippen LogP contribution in [0.25, 0.3) is 16.6 Å². The van der Waals surface area contributed by atoms with Crippen molar-refractivity contribution in [1.29, 1.82) is 0 Å². The molecule has 9 nitrogen and oxygen atoms in total. The second-order valence-corrected chi connectivity index (χ2v) is 7.31. The average Bonchev–Trinajstić information content (AvgIpc) is 3.32. The van der Waals surface area contributed by atoms with E-state index in [9.17, 15) is 9.59 Å². The minimum atomic E-state index is -0.268. The molecule has 3 aromatic heterocycles. The number of hydrogen-bond donors (Lipinski definition) is 1. The van der Waals surface area contributed by atoms with E-state index in [0.29, 0.717) is 23.7 Å². The Kier molecular flexibility index (Phi) is 5.26. The number of fused-ring (bicyclic) bond motifs is 3. The van der Waals surface area contributed by atoms with E-state index in [2.05, 4.69) is 15.6 Å². The summed E-state index contributed by atoms with van der Waals surface area (Å²) < 4.78 is 13.1. The maximum atomic E-state index is 13.0. The van der Waals surface area contributed by atoms with Gasteiger partial charge in [0.25, 0.3) is 5.88 Å². The number of pyridine rings is 1. The van der Waals surface area contributed by atoms with Crippen LogP contribution in [0.3, 0.4) is 0 Å². The van der Waals surface area contributed by atoms with Gasteiger partial charge in [-0.05, 0) is 42.1 Å². The van der Waals surface area contributed by atoms with Gasteiger partial charge in [0.15, 0.2) is 5.65 Å². The van der Waals surface area contributed by atoms with Crippen LogP contribution < -0.4 is 15.7 Å². The third-order valence-corrected chi connectivity index (χ3v) is 4.94. The summed E-state index contributed by atoms with van der Waals surface area (Å²) in [6.45, 7) is 4.05. The van der Waals surface area contributed by atoms with Crippen molar-refractivity contribution in [1.82, 2.24) is 24.7 Å². The van der Waals surface area contributed by atoms with Crippen molar-refractivity contribution in [3.05, 3.63) is 58.2 Å². The SMILES string of the molecule is COc1cc(CCC(=O)N[C@@H](C)Cn2nc3c(C)cc4ccccc4n3c2=O)on1. The molecule has 0 spiro atoms. The first kappa shape index (κ1) is 19.7. The minimum Gasteiger partial charge on any atom is -0.479 e. The maximum absolute atomic E-state index is 13.0. The number of amides is 1. The molecule has 0 aliphatic rings. The van der Waals surface area contributed by atoms with Gasteiger partial charge in [-0.1, -0.05) is 18.2 Å². The number of aromatic nitrogens is 4. The molecule has 0 radical (unpaired) electrons. The van der Waals surface area contributed by atoms with Crippen molar-refractivity contribution in [2.45, 2.75) is 39.3 Å². The fourth-order valence-electron chi connectivity index (χ4n) is 3.51. The van der Waals surface area contributed by atoms with Gasteiger partial charge in [0.05, 0.1) is 19.2 Å². The van der Waals surface area contributed by atoms with Crippen molar-refractivity contribution in [2.24, 2.45) is 0 Å². The van der Waals surface area contributed by atoms with E-state index >= 15 is 0 Å². The van der Waals surface area contributed by atoms with Gasteiger partial charge in [-0.25, -0.2) is 13.9 Å². The second-order valence-electron chi connectivity index (χ2n) is 7.31. The number of ether oxygens (including phenoxy) is 1. The Morgan fingerprint density at radius 2 is 2.10 bits per heavy atom. The van der Waals surface area contributed by atoms with E-state index in [-0.39, 0.29) is 30.6 Å². The van der Waals surface area contributed by atoms with Crippen LogP contribution in [0.5, 0.6) is 5.88 Å². The number of carbonyl (C=O) groups excluding carboxylic acids is 1. The molecule has 1 aromatic carbocycles. The lowest BCUT2D eigenvalue weighted by Crippen LogP contribution is -2.38. The van der Waals surface area contributed by atoms with Gasteiger partial charge in [0.2, 0.25) is 5.91 Å². The number of hydrogen-bond acceptors (Lipinski definition) is 6. The molecule has 1 atom stereocenters. The van der Waals surface area contributed by atoms with Crippen LogP contribution in [-0.4, -0.2) is 38.4 Å². The van der Waals surface area contributed by atoms with Crippen LogP contribution in [0.1, 0.15) is 24.7 Å². The van der Waals surface area contributed by atoms with Crippen LogP contribution in [-0.2, 0) is 17.8 Å². The van der Waals surface area contributed by atoms with Gasteiger partial charge in [-0.15, -0.1) is 5.10 Å². The van der Waals surface area contributed by atoms with E-state index < -0.39 is 0 Å². The standard InChI is InChI=1S/C21H23N5O4/c1-13-10-15-6-4-5-7-17(15)26-20(13)23-25(21(26)28)12-14(2)22-18(27)9-8-16-11-19(29-3)24-30-16/h4-7,10-11,14H,8-9,12H2,1-3H3,(H,22,27)/t14-/m0/s1. The molecule has 0 saturated carbocycles. The van der Waals surface area contributed by atoms with Gasteiger partial charge >= 0.3 is 5.69 Å². The van der Waals surface area contributed by atoms with Crippen LogP contribution >= 0.6 is 0 Å². The van der Waals surface area contributed by atoms with E-state index in [0.717, 1.165) is 16.5 Å². The number of carbonyl (C=O) groups is 1. The Morgan fingerprint density at radius 3 is 2.87 bits per heavy atom. The molecule has 0 aliphatic carbocycles. The normalized spacial score (nSPS) is 12.4. The summed E-state index contributed by atoms with van der Waals surface area (Å²) in [6.07, 6.45) is 0.654. The summed E-state index contributed by atoms with van der Waals surface area (Å²) in [4.78, 5) is 25.2. The number of methoxy groups -OCH3 is 1. The third kappa shape index (κ3) is 3.78. The van der Waals surface area contributed by atoms with E-state index in [4.69, 9.17) is 9.26 Å². The largest absolute Gasteiger partial charge is 0.479 e. The molecular formula is C21H23N5O4. The van der Waals surface area contributed by atoms with E-state index in [1.165, 1.54) is 11.8 Å². The van der Waals surface area contributed by atoms with Gasteiger partial charge in [-0.2, -0.15) is 0 Å². The number of nitrogens with zero attached hydrogens (tertiary/aromatic N) is 4. The van der Waals surface area contributed by atoms with Gasteiger partial charge in [-0.3, -0.25) is 4.79 Å². The molecule has 30 heavy (non-hydrogen) atoms. The lowest BCUT2D eigenvalue weighted by Gasteiger charge is -2.12. The van der Waals surface area contributed by atoms with E-state index in [1.807, 2.05) is 44.2 Å². The highest BCUT2D eigenvalue weighted by atomic mass is 16.5. The van der Waals surface area contributed by atoms with Gasteiger partial charge in [0.1, 0.15) is 5.76 Å². The molecule has 0 fully saturated rings. The van der Waals surface area contributed by atoms with Crippen LogP contribution in [0.15, 0.2) is 45.7 Å². The lowest BCUT2D eigenvalue weighted by atomic mass is 10.1. The summed E-state index contributed by atoms with van der Waals surface area (Å²) in [5.74, 6) is 0.817. The zero-order chi connectivity index (χ0) is 21.3. The highest BCUT2D eigenvalue weighted by Gasteiger charge is 2.16. The summed E-state index contributed by atoms with van der Waals surface area (Å²) in [5.41, 5.74) is 2.13. The second kappa shape index (κ2) is 8.02. The van der Waals surface area contributed by atoms with Crippen molar-refractivity contribution < 1.29 is 14.1 Å². The van der Waals surface area contributed by atoms with Crippen molar-refractivity contribution in [3.8, 4) is 5.88 Å². The first-order valence-electron chi connectivity index (χ1n) is 9.73. The first-order valence-corrected chi connectivity index (χ1v) is 9.73. The number of rotatable bonds is 7. The van der Waals surface area contributed by atoms with Crippen LogP contribution in [0.4, 0.5) is 0 Å². The Hall–Kier alpha value is -3.62. The zero-order valence-electron chi connectivity index (χ0n) is 17.1. The summed E-state index contributed by atoms with van der Waals surface area (Å²) in [7, 11) is 1.50. The Morgan fingerprint density at radius 1 is 1.30 bits per heavy atom. The molecule has 0 saturated heterocycles. The average molecular weight is 409 g/mol. The third-order valence-electron chi connectivity index (χ3n) is 4.94. The predicted octanol–water partition coefficient (Wildman–Crippen LogP) is 2.09. The molecule has 9 heteroatoms. The number of aryl methyl sites for hydroxylation is 2. The molecule has 1 amide bonds. The van der Waals surface area contributed by atoms with Crippen LogP contribution in [0, 0.1) is 6.92 Å². The first-order chi connectivity index (χ1) is 14.5. The molecule has 0 aliphatic heterocycles. The molecule has 4 aromatic rings. The molecule has 3 heterocycles. The van der Waals surface area contributed by atoms with Gasteiger partial charge in [0, 0.05) is 24.9 Å². The van der Waals surface area contributed by atoms with Crippen LogP contribution in [0.2, 0.25) is 0 Å². The Labute approximate surface area is 172 Å². The smallest absolute Gasteiger partial charge is 0.350 e. The summed E-state index contributed by atoms with van der Waals surface area (Å²) in [6, 6.07) is 11.1. The molecular weight excluding hydrogens is 386 g/mol. The predicted molar refractivity (Wildman–Crippen MR) is 111 cm³/mol. The molecule has 0 bridgehead atoms. The topological polar surface area (TPSA) is 104 Å². The zero-order valence-corrected chi connectivity index (χ0v) is 17.1. The number of para-hydroxylation sites is 1. The summed E-state index contributed by atoms with van der Waals surface area (Å²) in [5, 5.41) is 12.1. The number of nitrogens with one attached hydrogen (secondary N) is 1. The monoisotopic (exact) mass is 409 g/mol. The van der Waals surface area contributed by atoms with Crippen molar-refractivity contribution in [2.75, 3.05) is 7.11 Å². The fraction of sp³-hybridized carbons (Fsp3) is 0.333. The molecule has 4 rings (SSSR count). The Balaban J connectivity index is 1.46. The molecule has 1 N–H and O–H groups in total. The lowest BCUT2D eigenvalue weighted by molar-refractivity contribution is -0.121. The van der Waals surface area contributed by atoms with Crippen molar-refractivity contribution >= 4 is 22.5 Å². The highest BCUT2D eigenvalue weighted by Crippen LogP contribution is 2.18. The minimum absolute atomic E-state index is 0.142.